The molecule has 2 N–H and O–H groups in total. The molecular formula is C27H47N3O5. The highest BCUT2D eigenvalue weighted by Gasteiger charge is 2.29. The van der Waals surface area contributed by atoms with Gasteiger partial charge in [0.05, 0.1) is 6.04 Å². The van der Waals surface area contributed by atoms with E-state index in [1.165, 1.54) is 24.2 Å². The molecular weight excluding hydrogens is 446 g/mol. The Bertz CT molecular complexity index is 692. The van der Waals surface area contributed by atoms with Crippen LogP contribution in [0.2, 0.25) is 0 Å². The zero-order valence-corrected chi connectivity index (χ0v) is 22.4. The lowest BCUT2D eigenvalue weighted by Gasteiger charge is -2.25. The molecule has 0 saturated carbocycles. The van der Waals surface area contributed by atoms with Gasteiger partial charge < -0.3 is 25.1 Å². The number of amides is 3. The van der Waals surface area contributed by atoms with Crippen LogP contribution in [0, 0.1) is 11.8 Å². The third kappa shape index (κ3) is 12.8. The Morgan fingerprint density at radius 1 is 1.14 bits per heavy atom. The molecule has 0 aromatic heterocycles. The molecule has 0 spiro atoms. The number of rotatable bonds is 10. The molecule has 0 aromatic rings. The Kier molecular flexibility index (Phi) is 15.0. The monoisotopic (exact) mass is 493 g/mol. The molecule has 1 aliphatic heterocycles. The Labute approximate surface area is 211 Å². The highest BCUT2D eigenvalue weighted by molar-refractivity contribution is 5.88. The van der Waals surface area contributed by atoms with E-state index in [0.29, 0.717) is 25.5 Å². The van der Waals surface area contributed by atoms with Crippen LogP contribution in [-0.2, 0) is 19.1 Å². The Morgan fingerprint density at radius 2 is 1.86 bits per heavy atom. The maximum absolute atomic E-state index is 13.0. The summed E-state index contributed by atoms with van der Waals surface area (Å²) < 4.78 is 5.74. The number of hydrogen-bond donors (Lipinski definition) is 2. The Balaban J connectivity index is 3.06. The normalized spacial score (nSPS) is 25.4. The quantitative estimate of drug-likeness (QED) is 0.267. The van der Waals surface area contributed by atoms with Crippen LogP contribution < -0.4 is 10.6 Å². The van der Waals surface area contributed by atoms with Crippen LogP contribution in [0.1, 0.15) is 91.4 Å². The lowest BCUT2D eigenvalue weighted by molar-refractivity contribution is -0.134. The van der Waals surface area contributed by atoms with Crippen LogP contribution in [0.25, 0.3) is 0 Å². The van der Waals surface area contributed by atoms with Crippen molar-refractivity contribution in [3.8, 4) is 0 Å². The van der Waals surface area contributed by atoms with Crippen molar-refractivity contribution in [3.05, 3.63) is 12.2 Å². The molecule has 0 aromatic carbocycles. The number of aldehydes is 1. The number of carbonyl (C=O) groups is 4. The van der Waals surface area contributed by atoms with Crippen LogP contribution in [0.4, 0.5) is 4.79 Å². The standard InChI is InChI=1S/C27H47N3O5/c1-6-7-8-9-12-15-23-16-13-10-11-14-21(26(33)30(4)5)18-22(19-31)28-25(32)24(17-20(2)3)29-27(34)35-23/h10-11,19-24H,6-9,12-18H2,1-5H3,(H,28,32)(H,29,34)/b11-10+/t21?,22-,23?,24+/m0/s1. The zero-order valence-electron chi connectivity index (χ0n) is 22.4. The average Bonchev–Trinajstić information content (AvgIpc) is 2.80. The molecule has 0 fully saturated rings. The van der Waals surface area contributed by atoms with Crippen molar-refractivity contribution in [1.29, 1.82) is 0 Å². The summed E-state index contributed by atoms with van der Waals surface area (Å²) in [6.07, 6.45) is 12.7. The van der Waals surface area contributed by atoms with E-state index in [4.69, 9.17) is 4.74 Å². The lowest BCUT2D eigenvalue weighted by atomic mass is 9.94. The van der Waals surface area contributed by atoms with E-state index in [-0.39, 0.29) is 24.3 Å². The molecule has 0 bridgehead atoms. The fourth-order valence-electron chi connectivity index (χ4n) is 4.33. The van der Waals surface area contributed by atoms with Gasteiger partial charge in [0.25, 0.3) is 0 Å². The number of unbranched alkanes of at least 4 members (excludes halogenated alkanes) is 4. The highest BCUT2D eigenvalue weighted by atomic mass is 16.6. The number of allylic oxidation sites excluding steroid dienone is 2. The van der Waals surface area contributed by atoms with Gasteiger partial charge in [-0.25, -0.2) is 4.79 Å². The number of alkyl carbamates (subject to hydrolysis) is 1. The second-order valence-corrected chi connectivity index (χ2v) is 10.3. The number of nitrogens with zero attached hydrogens (tertiary/aromatic N) is 1. The van der Waals surface area contributed by atoms with Gasteiger partial charge in [0, 0.05) is 20.0 Å². The van der Waals surface area contributed by atoms with Gasteiger partial charge in [-0.15, -0.1) is 0 Å². The first-order chi connectivity index (χ1) is 16.7. The molecule has 8 heteroatoms. The molecule has 200 valence electrons. The van der Waals surface area contributed by atoms with Crippen molar-refractivity contribution in [2.45, 2.75) is 110 Å². The van der Waals surface area contributed by atoms with Crippen molar-refractivity contribution < 1.29 is 23.9 Å². The molecule has 2 unspecified atom stereocenters. The molecule has 0 saturated heterocycles. The van der Waals surface area contributed by atoms with E-state index in [9.17, 15) is 19.2 Å². The molecule has 1 rings (SSSR count). The Hall–Kier alpha value is -2.38. The molecule has 1 aliphatic rings. The summed E-state index contributed by atoms with van der Waals surface area (Å²) in [4.78, 5) is 51.7. The van der Waals surface area contributed by atoms with Crippen molar-refractivity contribution in [1.82, 2.24) is 15.5 Å². The summed E-state index contributed by atoms with van der Waals surface area (Å²) in [6.45, 7) is 6.10. The van der Waals surface area contributed by atoms with E-state index in [0.717, 1.165) is 25.7 Å². The molecule has 0 radical (unpaired) electrons. The number of cyclic esters (lactones) is 1. The second-order valence-electron chi connectivity index (χ2n) is 10.3. The molecule has 4 atom stereocenters. The van der Waals surface area contributed by atoms with Crippen molar-refractivity contribution in [2.75, 3.05) is 14.1 Å². The largest absolute Gasteiger partial charge is 0.446 e. The van der Waals surface area contributed by atoms with Crippen molar-refractivity contribution >= 4 is 24.2 Å². The fraction of sp³-hybridized carbons (Fsp3) is 0.778. The third-order valence-corrected chi connectivity index (χ3v) is 6.28. The average molecular weight is 494 g/mol. The number of nitrogens with one attached hydrogen (secondary N) is 2. The van der Waals surface area contributed by atoms with E-state index in [1.54, 1.807) is 14.1 Å². The van der Waals surface area contributed by atoms with Gasteiger partial charge in [0.1, 0.15) is 18.4 Å². The van der Waals surface area contributed by atoms with E-state index >= 15 is 0 Å². The SMILES string of the molecule is CCCCCCCC1CC/C=C/CC(C(=O)N(C)C)C[C@@H](C=O)NC(=O)[C@@H](CC(C)C)NC(=O)O1. The van der Waals surface area contributed by atoms with Crippen LogP contribution in [0.3, 0.4) is 0 Å². The summed E-state index contributed by atoms with van der Waals surface area (Å²) in [5.41, 5.74) is 0. The molecule has 1 heterocycles. The Morgan fingerprint density at radius 3 is 2.49 bits per heavy atom. The van der Waals surface area contributed by atoms with Gasteiger partial charge >= 0.3 is 6.09 Å². The maximum atomic E-state index is 13.0. The minimum absolute atomic E-state index is 0.0830. The molecule has 8 nitrogen and oxygen atoms in total. The number of carbonyl (C=O) groups excluding carboxylic acids is 4. The number of ether oxygens (including phenoxy) is 1. The molecule has 3 amide bonds. The van der Waals surface area contributed by atoms with E-state index in [2.05, 4.69) is 17.6 Å². The highest BCUT2D eigenvalue weighted by Crippen LogP contribution is 2.18. The van der Waals surface area contributed by atoms with Gasteiger partial charge in [-0.1, -0.05) is 58.6 Å². The topological polar surface area (TPSA) is 105 Å². The van der Waals surface area contributed by atoms with Crippen LogP contribution in [-0.4, -0.2) is 61.4 Å². The first-order valence-electron chi connectivity index (χ1n) is 13.3. The summed E-state index contributed by atoms with van der Waals surface area (Å²) in [5, 5.41) is 5.45. The summed E-state index contributed by atoms with van der Waals surface area (Å²) >= 11 is 0. The number of hydrogen-bond acceptors (Lipinski definition) is 5. The van der Waals surface area contributed by atoms with E-state index in [1.807, 2.05) is 26.0 Å². The zero-order chi connectivity index (χ0) is 26.2. The summed E-state index contributed by atoms with van der Waals surface area (Å²) in [7, 11) is 3.37. The minimum Gasteiger partial charge on any atom is -0.446 e. The van der Waals surface area contributed by atoms with E-state index < -0.39 is 30.0 Å². The van der Waals surface area contributed by atoms with Crippen LogP contribution >= 0.6 is 0 Å². The minimum atomic E-state index is -0.821. The first-order valence-corrected chi connectivity index (χ1v) is 13.3. The van der Waals surface area contributed by atoms with Crippen molar-refractivity contribution in [2.24, 2.45) is 11.8 Å². The predicted octanol–water partition coefficient (Wildman–Crippen LogP) is 4.37. The fourth-order valence-corrected chi connectivity index (χ4v) is 4.33. The maximum Gasteiger partial charge on any atom is 0.408 e. The van der Waals surface area contributed by atoms with Gasteiger partial charge in [-0.05, 0) is 50.9 Å². The summed E-state index contributed by atoms with van der Waals surface area (Å²) in [5.74, 6) is -0.805. The smallest absolute Gasteiger partial charge is 0.408 e. The first kappa shape index (κ1) is 30.7. The second kappa shape index (κ2) is 17.1. The third-order valence-electron chi connectivity index (χ3n) is 6.28. The van der Waals surface area contributed by atoms with Gasteiger partial charge in [0.15, 0.2) is 0 Å². The van der Waals surface area contributed by atoms with Gasteiger partial charge in [0.2, 0.25) is 11.8 Å². The van der Waals surface area contributed by atoms with Crippen LogP contribution in [0.5, 0.6) is 0 Å². The summed E-state index contributed by atoms with van der Waals surface area (Å²) in [6, 6.07) is -1.64. The van der Waals surface area contributed by atoms with Crippen molar-refractivity contribution in [3.63, 3.8) is 0 Å². The van der Waals surface area contributed by atoms with Gasteiger partial charge in [-0.2, -0.15) is 0 Å². The lowest BCUT2D eigenvalue weighted by Crippen LogP contribution is -2.51. The molecule has 0 aliphatic carbocycles. The van der Waals surface area contributed by atoms with Crippen LogP contribution in [0.15, 0.2) is 12.2 Å². The predicted molar refractivity (Wildman–Crippen MR) is 138 cm³/mol. The van der Waals surface area contributed by atoms with Gasteiger partial charge in [-0.3, -0.25) is 9.59 Å². The molecule has 35 heavy (non-hydrogen) atoms.